The molecule has 0 aliphatic carbocycles. The van der Waals surface area contributed by atoms with E-state index in [0.717, 1.165) is 36.8 Å². The first-order chi connectivity index (χ1) is 9.88. The minimum atomic E-state index is -4.48. The van der Waals surface area contributed by atoms with Crippen LogP contribution < -0.4 is 11.1 Å². The minimum Gasteiger partial charge on any atom is -0.398 e. The van der Waals surface area contributed by atoms with E-state index in [0.29, 0.717) is 11.8 Å². The Labute approximate surface area is 125 Å². The SMILES string of the molecule is Nc1ccc(C(F)(F)F)cc1C(=O)NCC1CCCCS1. The predicted octanol–water partition coefficient (Wildman–Crippen LogP) is 3.30. The van der Waals surface area contributed by atoms with E-state index in [1.165, 1.54) is 6.42 Å². The fourth-order valence-electron chi connectivity index (χ4n) is 2.20. The van der Waals surface area contributed by atoms with Crippen molar-refractivity contribution in [2.75, 3.05) is 18.0 Å². The lowest BCUT2D eigenvalue weighted by Gasteiger charge is -2.21. The summed E-state index contributed by atoms with van der Waals surface area (Å²) in [5, 5.41) is 3.01. The summed E-state index contributed by atoms with van der Waals surface area (Å²) in [4.78, 5) is 12.0. The molecule has 1 amide bonds. The molecular weight excluding hydrogens is 301 g/mol. The van der Waals surface area contributed by atoms with Crippen LogP contribution in [0.25, 0.3) is 0 Å². The monoisotopic (exact) mass is 318 g/mol. The van der Waals surface area contributed by atoms with Crippen molar-refractivity contribution in [3.05, 3.63) is 29.3 Å². The molecule has 1 aliphatic rings. The van der Waals surface area contributed by atoms with Gasteiger partial charge in [-0.1, -0.05) is 6.42 Å². The molecule has 21 heavy (non-hydrogen) atoms. The highest BCUT2D eigenvalue weighted by Gasteiger charge is 2.31. The van der Waals surface area contributed by atoms with Crippen molar-refractivity contribution in [2.45, 2.75) is 30.7 Å². The first kappa shape index (κ1) is 16.0. The van der Waals surface area contributed by atoms with Crippen LogP contribution in [0.15, 0.2) is 18.2 Å². The van der Waals surface area contributed by atoms with Gasteiger partial charge in [0.15, 0.2) is 0 Å². The van der Waals surface area contributed by atoms with Crippen molar-refractivity contribution in [1.29, 1.82) is 0 Å². The predicted molar refractivity (Wildman–Crippen MR) is 78.3 cm³/mol. The standard InChI is InChI=1S/C14H17F3N2OS/c15-14(16,17)9-4-5-12(18)11(7-9)13(20)19-8-10-3-1-2-6-21-10/h4-5,7,10H,1-3,6,8,18H2,(H,19,20). The van der Waals surface area contributed by atoms with Crippen molar-refractivity contribution in [1.82, 2.24) is 5.32 Å². The average molecular weight is 318 g/mol. The van der Waals surface area contributed by atoms with Gasteiger partial charge in [-0.25, -0.2) is 0 Å². The van der Waals surface area contributed by atoms with Crippen molar-refractivity contribution in [3.8, 4) is 0 Å². The molecule has 1 saturated heterocycles. The van der Waals surface area contributed by atoms with E-state index in [-0.39, 0.29) is 11.3 Å². The maximum Gasteiger partial charge on any atom is 0.416 e. The molecule has 3 nitrogen and oxygen atoms in total. The number of nitrogens with two attached hydrogens (primary N) is 1. The van der Waals surface area contributed by atoms with E-state index < -0.39 is 17.6 Å². The smallest absolute Gasteiger partial charge is 0.398 e. The summed E-state index contributed by atoms with van der Waals surface area (Å²) in [7, 11) is 0. The molecule has 0 bridgehead atoms. The Morgan fingerprint density at radius 3 is 2.76 bits per heavy atom. The van der Waals surface area contributed by atoms with Gasteiger partial charge in [0, 0.05) is 17.5 Å². The molecule has 2 rings (SSSR count). The lowest BCUT2D eigenvalue weighted by atomic mass is 10.1. The molecule has 1 fully saturated rings. The van der Waals surface area contributed by atoms with Crippen LogP contribution in [-0.2, 0) is 6.18 Å². The van der Waals surface area contributed by atoms with Crippen LogP contribution in [0.4, 0.5) is 18.9 Å². The highest BCUT2D eigenvalue weighted by Crippen LogP contribution is 2.31. The minimum absolute atomic E-state index is 0.0526. The zero-order chi connectivity index (χ0) is 15.5. The molecule has 7 heteroatoms. The van der Waals surface area contributed by atoms with Gasteiger partial charge in [0.25, 0.3) is 5.91 Å². The van der Waals surface area contributed by atoms with Gasteiger partial charge in [-0.2, -0.15) is 24.9 Å². The molecule has 0 saturated carbocycles. The summed E-state index contributed by atoms with van der Waals surface area (Å²) in [6.45, 7) is 0.458. The van der Waals surface area contributed by atoms with Crippen LogP contribution in [0.5, 0.6) is 0 Å². The summed E-state index contributed by atoms with van der Waals surface area (Å²) in [6.07, 6.45) is -1.17. The van der Waals surface area contributed by atoms with Crippen molar-refractivity contribution < 1.29 is 18.0 Å². The Balaban J connectivity index is 2.04. The van der Waals surface area contributed by atoms with Gasteiger partial charge < -0.3 is 11.1 Å². The average Bonchev–Trinajstić information content (AvgIpc) is 2.45. The largest absolute Gasteiger partial charge is 0.416 e. The van der Waals surface area contributed by atoms with Crippen molar-refractivity contribution >= 4 is 23.4 Å². The summed E-state index contributed by atoms with van der Waals surface area (Å²) in [5.41, 5.74) is 4.68. The molecule has 1 atom stereocenters. The van der Waals surface area contributed by atoms with E-state index in [4.69, 9.17) is 5.73 Å². The topological polar surface area (TPSA) is 55.1 Å². The number of rotatable bonds is 3. The van der Waals surface area contributed by atoms with E-state index in [1.54, 1.807) is 11.8 Å². The fraction of sp³-hybridized carbons (Fsp3) is 0.500. The lowest BCUT2D eigenvalue weighted by molar-refractivity contribution is -0.137. The number of thioether (sulfide) groups is 1. The number of nitrogen functional groups attached to an aromatic ring is 1. The Bertz CT molecular complexity index is 513. The molecule has 1 heterocycles. The lowest BCUT2D eigenvalue weighted by Crippen LogP contribution is -2.32. The molecule has 3 N–H and O–H groups in total. The molecule has 1 aromatic carbocycles. The van der Waals surface area contributed by atoms with Gasteiger partial charge in [0.2, 0.25) is 0 Å². The zero-order valence-electron chi connectivity index (χ0n) is 11.4. The highest BCUT2D eigenvalue weighted by molar-refractivity contribution is 7.99. The molecular formula is C14H17F3N2OS. The van der Waals surface area contributed by atoms with E-state index in [9.17, 15) is 18.0 Å². The number of carbonyl (C=O) groups is 1. The van der Waals surface area contributed by atoms with Crippen LogP contribution in [0, 0.1) is 0 Å². The van der Waals surface area contributed by atoms with Gasteiger partial charge in [-0.3, -0.25) is 4.79 Å². The number of hydrogen-bond acceptors (Lipinski definition) is 3. The molecule has 116 valence electrons. The highest BCUT2D eigenvalue weighted by atomic mass is 32.2. The summed E-state index contributed by atoms with van der Waals surface area (Å²) in [5.74, 6) is 0.511. The van der Waals surface area contributed by atoms with Crippen LogP contribution in [0.3, 0.4) is 0 Å². The Hall–Kier alpha value is -1.37. The van der Waals surface area contributed by atoms with E-state index in [1.807, 2.05) is 0 Å². The van der Waals surface area contributed by atoms with Crippen molar-refractivity contribution in [3.63, 3.8) is 0 Å². The Morgan fingerprint density at radius 1 is 1.38 bits per heavy atom. The maximum absolute atomic E-state index is 12.7. The van der Waals surface area contributed by atoms with Crippen LogP contribution in [-0.4, -0.2) is 23.5 Å². The molecule has 1 unspecified atom stereocenters. The van der Waals surface area contributed by atoms with Gasteiger partial charge in [0.05, 0.1) is 11.1 Å². The van der Waals surface area contributed by atoms with Crippen LogP contribution >= 0.6 is 11.8 Å². The molecule has 1 aliphatic heterocycles. The number of amides is 1. The number of anilines is 1. The van der Waals surface area contributed by atoms with E-state index >= 15 is 0 Å². The number of hydrogen-bond donors (Lipinski definition) is 2. The number of halogens is 3. The first-order valence-electron chi connectivity index (χ1n) is 6.74. The third-order valence-electron chi connectivity index (χ3n) is 3.39. The van der Waals surface area contributed by atoms with Crippen LogP contribution in [0.1, 0.15) is 35.2 Å². The number of nitrogens with one attached hydrogen (secondary N) is 1. The van der Waals surface area contributed by atoms with Gasteiger partial charge in [0.1, 0.15) is 0 Å². The third-order valence-corrected chi connectivity index (χ3v) is 4.79. The zero-order valence-corrected chi connectivity index (χ0v) is 12.2. The summed E-state index contributed by atoms with van der Waals surface area (Å²) >= 11 is 1.79. The van der Waals surface area contributed by atoms with Gasteiger partial charge >= 0.3 is 6.18 Å². The fourth-order valence-corrected chi connectivity index (χ4v) is 3.44. The van der Waals surface area contributed by atoms with Crippen molar-refractivity contribution in [2.24, 2.45) is 0 Å². The molecule has 0 spiro atoms. The third kappa shape index (κ3) is 4.30. The molecule has 0 aromatic heterocycles. The number of benzene rings is 1. The second-order valence-electron chi connectivity index (χ2n) is 5.00. The number of carbonyl (C=O) groups excluding carboxylic acids is 1. The second kappa shape index (κ2) is 6.60. The second-order valence-corrected chi connectivity index (χ2v) is 6.41. The summed E-state index contributed by atoms with van der Waals surface area (Å²) < 4.78 is 38.0. The molecule has 0 radical (unpaired) electrons. The number of alkyl halides is 3. The quantitative estimate of drug-likeness (QED) is 0.841. The van der Waals surface area contributed by atoms with Crippen LogP contribution in [0.2, 0.25) is 0 Å². The van der Waals surface area contributed by atoms with E-state index in [2.05, 4.69) is 5.32 Å². The molecule has 1 aromatic rings. The normalized spacial score (nSPS) is 19.3. The van der Waals surface area contributed by atoms with Gasteiger partial charge in [-0.15, -0.1) is 0 Å². The Morgan fingerprint density at radius 2 is 2.14 bits per heavy atom. The maximum atomic E-state index is 12.7. The first-order valence-corrected chi connectivity index (χ1v) is 7.79. The Kier molecular flexibility index (Phi) is 5.03. The van der Waals surface area contributed by atoms with Gasteiger partial charge in [-0.05, 0) is 36.8 Å². The summed E-state index contributed by atoms with van der Waals surface area (Å²) in [6, 6.07) is 2.80.